The first kappa shape index (κ1) is 14.3. The van der Waals surface area contributed by atoms with Crippen LogP contribution in [0.15, 0.2) is 59.3 Å². The molecule has 0 radical (unpaired) electrons. The maximum Gasteiger partial charge on any atom is 0.136 e. The Kier molecular flexibility index (Phi) is 4.34. The average Bonchev–Trinajstić information content (AvgIpc) is 2.91. The number of halogens is 1. The second kappa shape index (κ2) is 6.39. The second-order valence-electron chi connectivity index (χ2n) is 4.85. The Morgan fingerprint density at radius 2 is 2.00 bits per heavy atom. The number of aliphatic hydroxyl groups is 1. The van der Waals surface area contributed by atoms with Crippen molar-refractivity contribution in [2.45, 2.75) is 12.6 Å². The third kappa shape index (κ3) is 3.15. The van der Waals surface area contributed by atoms with Gasteiger partial charge in [-0.3, -0.25) is 0 Å². The Labute approximate surface area is 131 Å². The zero-order chi connectivity index (χ0) is 14.7. The van der Waals surface area contributed by atoms with Gasteiger partial charge in [0.2, 0.25) is 0 Å². The van der Waals surface area contributed by atoms with Gasteiger partial charge in [-0.2, -0.15) is 0 Å². The van der Waals surface area contributed by atoms with E-state index in [1.807, 2.05) is 59.3 Å². The van der Waals surface area contributed by atoms with Crippen molar-refractivity contribution in [3.05, 3.63) is 70.6 Å². The van der Waals surface area contributed by atoms with Crippen molar-refractivity contribution in [3.8, 4) is 0 Å². The van der Waals surface area contributed by atoms with Crippen molar-refractivity contribution in [2.75, 3.05) is 6.61 Å². The van der Waals surface area contributed by atoms with Crippen molar-refractivity contribution in [3.63, 3.8) is 0 Å². The van der Waals surface area contributed by atoms with Gasteiger partial charge in [0.1, 0.15) is 5.65 Å². The van der Waals surface area contributed by atoms with E-state index in [9.17, 15) is 5.11 Å². The molecule has 21 heavy (non-hydrogen) atoms. The quantitative estimate of drug-likeness (QED) is 0.747. The molecule has 0 aliphatic rings. The lowest BCUT2D eigenvalue weighted by atomic mass is 10.1. The molecule has 2 heterocycles. The Hall–Kier alpha value is -1.69. The molecule has 1 aromatic carbocycles. The normalized spacial score (nSPS) is 12.7. The van der Waals surface area contributed by atoms with Crippen LogP contribution >= 0.6 is 15.9 Å². The van der Waals surface area contributed by atoms with Crippen LogP contribution in [0, 0.1) is 0 Å². The summed E-state index contributed by atoms with van der Waals surface area (Å²) in [7, 11) is 0. The number of benzene rings is 1. The van der Waals surface area contributed by atoms with Gasteiger partial charge in [0.15, 0.2) is 0 Å². The highest BCUT2D eigenvalue weighted by Gasteiger charge is 2.11. The number of hydrogen-bond donors (Lipinski definition) is 2. The van der Waals surface area contributed by atoms with Gasteiger partial charge < -0.3 is 14.8 Å². The van der Waals surface area contributed by atoms with Crippen LogP contribution in [0.4, 0.5) is 0 Å². The Morgan fingerprint density at radius 1 is 1.19 bits per heavy atom. The van der Waals surface area contributed by atoms with Gasteiger partial charge in [-0.1, -0.05) is 30.3 Å². The zero-order valence-corrected chi connectivity index (χ0v) is 13.0. The van der Waals surface area contributed by atoms with E-state index in [4.69, 9.17) is 0 Å². The molecule has 2 aromatic heterocycles. The van der Waals surface area contributed by atoms with Crippen LogP contribution in [-0.2, 0) is 6.54 Å². The van der Waals surface area contributed by atoms with Gasteiger partial charge in [-0.15, -0.1) is 0 Å². The minimum absolute atomic E-state index is 0.0600. The van der Waals surface area contributed by atoms with Crippen LogP contribution in [0.5, 0.6) is 0 Å². The van der Waals surface area contributed by atoms with Crippen LogP contribution < -0.4 is 5.32 Å². The number of pyridine rings is 1. The molecule has 3 aromatic rings. The number of rotatable bonds is 5. The topological polar surface area (TPSA) is 49.6 Å². The molecule has 0 fully saturated rings. The van der Waals surface area contributed by atoms with Gasteiger partial charge in [-0.05, 0) is 33.6 Å². The molecule has 3 rings (SSSR count). The molecule has 0 aliphatic heterocycles. The fourth-order valence-electron chi connectivity index (χ4n) is 2.34. The summed E-state index contributed by atoms with van der Waals surface area (Å²) >= 11 is 3.47. The molecule has 0 saturated carbocycles. The van der Waals surface area contributed by atoms with Crippen molar-refractivity contribution in [1.82, 2.24) is 14.7 Å². The smallest absolute Gasteiger partial charge is 0.136 e. The fourth-order valence-corrected chi connectivity index (χ4v) is 2.67. The number of nitrogens with one attached hydrogen (secondary N) is 1. The number of fused-ring (bicyclic) bond motifs is 1. The molecular weight excluding hydrogens is 330 g/mol. The summed E-state index contributed by atoms with van der Waals surface area (Å²) in [6.07, 6.45) is 3.85. The first-order valence-electron chi connectivity index (χ1n) is 6.78. The Balaban J connectivity index is 1.78. The van der Waals surface area contributed by atoms with Crippen molar-refractivity contribution in [2.24, 2.45) is 0 Å². The molecule has 2 N–H and O–H groups in total. The SMILES string of the molecule is OC[C@@H](NCc1cnc2ccc(Br)cn12)c1ccccc1. The summed E-state index contributed by atoms with van der Waals surface area (Å²) in [6.45, 7) is 0.697. The van der Waals surface area contributed by atoms with Crippen LogP contribution in [0.1, 0.15) is 17.3 Å². The minimum atomic E-state index is -0.0797. The van der Waals surface area contributed by atoms with Gasteiger partial charge in [0.25, 0.3) is 0 Å². The number of hydrogen-bond acceptors (Lipinski definition) is 3. The Morgan fingerprint density at radius 3 is 2.76 bits per heavy atom. The molecule has 0 spiro atoms. The molecule has 108 valence electrons. The van der Waals surface area contributed by atoms with Crippen LogP contribution in [0.3, 0.4) is 0 Å². The molecule has 0 amide bonds. The first-order valence-corrected chi connectivity index (χ1v) is 7.58. The number of imidazole rings is 1. The predicted octanol–water partition coefficient (Wildman–Crippen LogP) is 2.92. The third-order valence-electron chi connectivity index (χ3n) is 3.46. The molecule has 5 heteroatoms. The number of aromatic nitrogens is 2. The number of aliphatic hydroxyl groups excluding tert-OH is 1. The van der Waals surface area contributed by atoms with Crippen molar-refractivity contribution < 1.29 is 5.11 Å². The van der Waals surface area contributed by atoms with E-state index in [0.29, 0.717) is 6.54 Å². The van der Waals surface area contributed by atoms with E-state index in [1.165, 1.54) is 0 Å². The highest BCUT2D eigenvalue weighted by molar-refractivity contribution is 9.10. The molecular formula is C16H16BrN3O. The standard InChI is InChI=1S/C16H16BrN3O/c17-13-6-7-16-19-9-14(20(16)10-13)8-18-15(11-21)12-4-2-1-3-5-12/h1-7,9-10,15,18,21H,8,11H2/t15-/m1/s1. The third-order valence-corrected chi connectivity index (χ3v) is 3.93. The summed E-state index contributed by atoms with van der Waals surface area (Å²) in [5, 5.41) is 12.9. The predicted molar refractivity (Wildman–Crippen MR) is 86.0 cm³/mol. The summed E-state index contributed by atoms with van der Waals surface area (Å²) in [5.41, 5.74) is 3.05. The van der Waals surface area contributed by atoms with E-state index in [0.717, 1.165) is 21.4 Å². The summed E-state index contributed by atoms with van der Waals surface area (Å²) in [6, 6.07) is 13.8. The van der Waals surface area contributed by atoms with E-state index in [2.05, 4.69) is 26.2 Å². The highest BCUT2D eigenvalue weighted by atomic mass is 79.9. The lowest BCUT2D eigenvalue weighted by molar-refractivity contribution is 0.243. The Bertz CT molecular complexity index is 727. The zero-order valence-electron chi connectivity index (χ0n) is 11.4. The van der Waals surface area contributed by atoms with Crippen LogP contribution in [0.2, 0.25) is 0 Å². The van der Waals surface area contributed by atoms with Gasteiger partial charge in [-0.25, -0.2) is 4.98 Å². The monoisotopic (exact) mass is 345 g/mol. The largest absolute Gasteiger partial charge is 0.394 e. The van der Waals surface area contributed by atoms with Crippen LogP contribution in [-0.4, -0.2) is 21.1 Å². The summed E-state index contributed by atoms with van der Waals surface area (Å²) in [4.78, 5) is 4.38. The number of nitrogens with zero attached hydrogens (tertiary/aromatic N) is 2. The summed E-state index contributed by atoms with van der Waals surface area (Å²) in [5.74, 6) is 0. The van der Waals surface area contributed by atoms with E-state index in [-0.39, 0.29) is 12.6 Å². The van der Waals surface area contributed by atoms with Gasteiger partial charge in [0.05, 0.1) is 24.5 Å². The second-order valence-corrected chi connectivity index (χ2v) is 5.77. The van der Waals surface area contributed by atoms with E-state index in [1.54, 1.807) is 0 Å². The van der Waals surface area contributed by atoms with Crippen LogP contribution in [0.25, 0.3) is 5.65 Å². The fraction of sp³-hybridized carbons (Fsp3) is 0.188. The highest BCUT2D eigenvalue weighted by Crippen LogP contribution is 2.16. The molecule has 1 atom stereocenters. The lowest BCUT2D eigenvalue weighted by Gasteiger charge is -2.16. The molecule has 4 nitrogen and oxygen atoms in total. The average molecular weight is 346 g/mol. The summed E-state index contributed by atoms with van der Waals surface area (Å²) < 4.78 is 3.05. The van der Waals surface area contributed by atoms with E-state index >= 15 is 0 Å². The van der Waals surface area contributed by atoms with E-state index < -0.39 is 0 Å². The molecule has 0 saturated heterocycles. The van der Waals surface area contributed by atoms with Crippen molar-refractivity contribution >= 4 is 21.6 Å². The van der Waals surface area contributed by atoms with Gasteiger partial charge in [0, 0.05) is 17.2 Å². The molecule has 0 unspecified atom stereocenters. The first-order chi connectivity index (χ1) is 10.3. The molecule has 0 bridgehead atoms. The molecule has 0 aliphatic carbocycles. The maximum atomic E-state index is 9.57. The van der Waals surface area contributed by atoms with Crippen molar-refractivity contribution in [1.29, 1.82) is 0 Å². The maximum absolute atomic E-state index is 9.57. The van der Waals surface area contributed by atoms with Gasteiger partial charge >= 0.3 is 0 Å². The lowest BCUT2D eigenvalue weighted by Crippen LogP contribution is -2.24. The minimum Gasteiger partial charge on any atom is -0.394 e.